The number of benzene rings is 3. The van der Waals surface area contributed by atoms with Crippen LogP contribution in [0.25, 0.3) is 28.2 Å². The molecule has 0 aliphatic rings. The molecule has 4 aromatic rings. The molecule has 0 saturated carbocycles. The van der Waals surface area contributed by atoms with Gasteiger partial charge in [0.05, 0.1) is 24.2 Å². The van der Waals surface area contributed by atoms with Gasteiger partial charge in [0.1, 0.15) is 5.75 Å². The highest BCUT2D eigenvalue weighted by molar-refractivity contribution is 5.70. The summed E-state index contributed by atoms with van der Waals surface area (Å²) in [5, 5.41) is 4.89. The van der Waals surface area contributed by atoms with E-state index in [1.807, 2.05) is 47.1 Å². The van der Waals surface area contributed by atoms with E-state index in [-0.39, 0.29) is 0 Å². The first-order valence-electron chi connectivity index (χ1n) is 8.61. The summed E-state index contributed by atoms with van der Waals surface area (Å²) in [5.74, 6) is 0.834. The van der Waals surface area contributed by atoms with Gasteiger partial charge in [0, 0.05) is 11.1 Å². The Kier molecular flexibility index (Phi) is 4.28. The highest BCUT2D eigenvalue weighted by atomic mass is 16.5. The smallest absolute Gasteiger partial charge is 0.119 e. The summed E-state index contributed by atoms with van der Waals surface area (Å²) in [6.07, 6.45) is 0. The van der Waals surface area contributed by atoms with Gasteiger partial charge >= 0.3 is 0 Å². The van der Waals surface area contributed by atoms with E-state index >= 15 is 0 Å². The lowest BCUT2D eigenvalue weighted by molar-refractivity contribution is 0.414. The highest BCUT2D eigenvalue weighted by Gasteiger charge is 2.13. The molecular formula is C23H20N2O. The van der Waals surface area contributed by atoms with Crippen molar-refractivity contribution >= 4 is 0 Å². The Bertz CT molecular complexity index is 1000. The van der Waals surface area contributed by atoms with Crippen LogP contribution in [0.1, 0.15) is 5.56 Å². The van der Waals surface area contributed by atoms with Gasteiger partial charge in [-0.2, -0.15) is 5.10 Å². The summed E-state index contributed by atoms with van der Waals surface area (Å²) in [7, 11) is 1.67. The van der Waals surface area contributed by atoms with Crippen molar-refractivity contribution in [3.05, 3.63) is 90.5 Å². The zero-order chi connectivity index (χ0) is 17.9. The van der Waals surface area contributed by atoms with Crippen LogP contribution in [0.2, 0.25) is 0 Å². The van der Waals surface area contributed by atoms with Gasteiger partial charge in [-0.05, 0) is 37.3 Å². The minimum Gasteiger partial charge on any atom is -0.497 e. The average molecular weight is 340 g/mol. The monoisotopic (exact) mass is 340 g/mol. The maximum atomic E-state index is 5.28. The number of methoxy groups -OCH3 is 1. The van der Waals surface area contributed by atoms with Crippen molar-refractivity contribution < 1.29 is 4.74 Å². The summed E-state index contributed by atoms with van der Waals surface area (Å²) in [5.41, 5.74) is 6.51. The zero-order valence-electron chi connectivity index (χ0n) is 14.9. The van der Waals surface area contributed by atoms with Crippen LogP contribution in [-0.4, -0.2) is 16.9 Å². The molecule has 1 heterocycles. The van der Waals surface area contributed by atoms with Crippen LogP contribution in [0.15, 0.2) is 84.9 Å². The molecule has 0 radical (unpaired) electrons. The minimum absolute atomic E-state index is 0.834. The van der Waals surface area contributed by atoms with E-state index in [1.54, 1.807) is 7.11 Å². The maximum absolute atomic E-state index is 5.28. The van der Waals surface area contributed by atoms with Crippen molar-refractivity contribution in [1.82, 2.24) is 9.78 Å². The summed E-state index contributed by atoms with van der Waals surface area (Å²) in [6.45, 7) is 2.09. The lowest BCUT2D eigenvalue weighted by Gasteiger charge is -2.08. The lowest BCUT2D eigenvalue weighted by Crippen LogP contribution is -1.99. The zero-order valence-corrected chi connectivity index (χ0v) is 14.9. The third-order valence-corrected chi connectivity index (χ3v) is 4.44. The van der Waals surface area contributed by atoms with E-state index in [0.29, 0.717) is 0 Å². The van der Waals surface area contributed by atoms with Crippen LogP contribution < -0.4 is 4.74 Å². The van der Waals surface area contributed by atoms with Crippen molar-refractivity contribution in [2.75, 3.05) is 7.11 Å². The number of aryl methyl sites for hydroxylation is 1. The molecule has 1 aromatic heterocycles. The molecule has 0 spiro atoms. The molecule has 0 N–H and O–H groups in total. The minimum atomic E-state index is 0.834. The summed E-state index contributed by atoms with van der Waals surface area (Å²) >= 11 is 0. The van der Waals surface area contributed by atoms with E-state index in [1.165, 1.54) is 5.56 Å². The lowest BCUT2D eigenvalue weighted by atomic mass is 10.1. The van der Waals surface area contributed by atoms with Gasteiger partial charge in [-0.3, -0.25) is 0 Å². The molecule has 3 nitrogen and oxygen atoms in total. The topological polar surface area (TPSA) is 27.1 Å². The summed E-state index contributed by atoms with van der Waals surface area (Å²) < 4.78 is 7.27. The normalized spacial score (nSPS) is 10.7. The quantitative estimate of drug-likeness (QED) is 0.489. The Hall–Kier alpha value is -3.33. The fraction of sp³-hybridized carbons (Fsp3) is 0.0870. The average Bonchev–Trinajstić information content (AvgIpc) is 3.15. The Labute approximate surface area is 153 Å². The van der Waals surface area contributed by atoms with E-state index in [9.17, 15) is 0 Å². The molecule has 26 heavy (non-hydrogen) atoms. The van der Waals surface area contributed by atoms with Gasteiger partial charge in [-0.25, -0.2) is 4.68 Å². The standard InChI is InChI=1S/C23H20N2O/c1-17-8-10-18(11-9-17)22-16-23(19-6-4-3-5-7-19)25(24-22)20-12-14-21(26-2)15-13-20/h3-16H,1-2H3. The number of rotatable bonds is 4. The molecule has 3 heteroatoms. The Morgan fingerprint density at radius 3 is 2.12 bits per heavy atom. The number of nitrogens with zero attached hydrogens (tertiary/aromatic N) is 2. The summed E-state index contributed by atoms with van der Waals surface area (Å²) in [6, 6.07) is 28.9. The SMILES string of the molecule is COc1ccc(-n2nc(-c3ccc(C)cc3)cc2-c2ccccc2)cc1. The van der Waals surface area contributed by atoms with Crippen LogP contribution in [0.5, 0.6) is 5.75 Å². The van der Waals surface area contributed by atoms with Crippen molar-refractivity contribution in [3.63, 3.8) is 0 Å². The number of hydrogen-bond donors (Lipinski definition) is 0. The first kappa shape index (κ1) is 16.2. The predicted molar refractivity (Wildman–Crippen MR) is 106 cm³/mol. The van der Waals surface area contributed by atoms with Gasteiger partial charge in [0.25, 0.3) is 0 Å². The molecule has 128 valence electrons. The number of hydrogen-bond acceptors (Lipinski definition) is 2. The second kappa shape index (κ2) is 6.89. The summed E-state index contributed by atoms with van der Waals surface area (Å²) in [4.78, 5) is 0. The molecule has 0 aliphatic heterocycles. The first-order valence-corrected chi connectivity index (χ1v) is 8.61. The molecule has 0 atom stereocenters. The Morgan fingerprint density at radius 1 is 0.769 bits per heavy atom. The fourth-order valence-electron chi connectivity index (χ4n) is 2.98. The fourth-order valence-corrected chi connectivity index (χ4v) is 2.98. The van der Waals surface area contributed by atoms with Crippen molar-refractivity contribution in [2.24, 2.45) is 0 Å². The molecule has 0 aliphatic carbocycles. The third-order valence-electron chi connectivity index (χ3n) is 4.44. The van der Waals surface area contributed by atoms with Crippen molar-refractivity contribution in [3.8, 4) is 34.0 Å². The van der Waals surface area contributed by atoms with E-state index in [4.69, 9.17) is 9.84 Å². The highest BCUT2D eigenvalue weighted by Crippen LogP contribution is 2.29. The van der Waals surface area contributed by atoms with Gasteiger partial charge < -0.3 is 4.74 Å². The van der Waals surface area contributed by atoms with Crippen LogP contribution in [0.3, 0.4) is 0 Å². The van der Waals surface area contributed by atoms with Gasteiger partial charge in [-0.1, -0.05) is 60.2 Å². The van der Waals surface area contributed by atoms with Gasteiger partial charge in [0.2, 0.25) is 0 Å². The molecule has 0 fully saturated rings. The van der Waals surface area contributed by atoms with Crippen molar-refractivity contribution in [2.45, 2.75) is 6.92 Å². The van der Waals surface area contributed by atoms with Gasteiger partial charge in [0.15, 0.2) is 0 Å². The number of aromatic nitrogens is 2. The Morgan fingerprint density at radius 2 is 1.46 bits per heavy atom. The largest absolute Gasteiger partial charge is 0.497 e. The molecular weight excluding hydrogens is 320 g/mol. The maximum Gasteiger partial charge on any atom is 0.119 e. The molecule has 0 unspecified atom stereocenters. The molecule has 4 rings (SSSR count). The van der Waals surface area contributed by atoms with Crippen LogP contribution in [0, 0.1) is 6.92 Å². The second-order valence-electron chi connectivity index (χ2n) is 6.26. The van der Waals surface area contributed by atoms with Crippen molar-refractivity contribution in [1.29, 1.82) is 0 Å². The van der Waals surface area contributed by atoms with E-state index in [0.717, 1.165) is 34.0 Å². The van der Waals surface area contributed by atoms with Gasteiger partial charge in [-0.15, -0.1) is 0 Å². The van der Waals surface area contributed by atoms with Crippen LogP contribution >= 0.6 is 0 Å². The Balaban J connectivity index is 1.86. The van der Waals surface area contributed by atoms with Crippen LogP contribution in [0.4, 0.5) is 0 Å². The molecule has 3 aromatic carbocycles. The molecule has 0 saturated heterocycles. The van der Waals surface area contributed by atoms with E-state index < -0.39 is 0 Å². The molecule has 0 amide bonds. The predicted octanol–water partition coefficient (Wildman–Crippen LogP) is 5.52. The number of ether oxygens (including phenoxy) is 1. The first-order chi connectivity index (χ1) is 12.7. The van der Waals surface area contributed by atoms with Crippen LogP contribution in [-0.2, 0) is 0 Å². The molecule has 0 bridgehead atoms. The van der Waals surface area contributed by atoms with E-state index in [2.05, 4.69) is 49.4 Å². The second-order valence-corrected chi connectivity index (χ2v) is 6.26. The third kappa shape index (κ3) is 3.11.